The lowest BCUT2D eigenvalue weighted by Gasteiger charge is -2.34. The predicted molar refractivity (Wildman–Crippen MR) is 96.3 cm³/mol. The molecule has 1 amide bonds. The first-order valence-corrected chi connectivity index (χ1v) is 8.81. The number of likely N-dealkylation sites (tertiary alicyclic amines) is 1. The maximum Gasteiger partial charge on any atom is 0.246 e. The highest BCUT2D eigenvalue weighted by molar-refractivity contribution is 5.87. The standard InChI is InChI=1S/C20H29FN2O/c1-16(2)13-20(24)22(3)14-17-7-6-11-23(15-17)12-10-18-8-4-5-9-19(18)21/h4-5,8-9,13,17H,6-7,10-12,14-15H2,1-3H3/t17-/m0/s1. The summed E-state index contributed by atoms with van der Waals surface area (Å²) in [5.41, 5.74) is 1.82. The number of piperidine rings is 1. The average Bonchev–Trinajstić information content (AvgIpc) is 2.54. The highest BCUT2D eigenvalue weighted by Gasteiger charge is 2.22. The Hall–Kier alpha value is -1.68. The molecule has 2 rings (SSSR count). The zero-order valence-electron chi connectivity index (χ0n) is 15.1. The maximum atomic E-state index is 13.7. The fourth-order valence-electron chi connectivity index (χ4n) is 3.32. The highest BCUT2D eigenvalue weighted by Crippen LogP contribution is 2.18. The lowest BCUT2D eigenvalue weighted by Crippen LogP contribution is -2.42. The Morgan fingerprint density at radius 2 is 2.12 bits per heavy atom. The van der Waals surface area contributed by atoms with Gasteiger partial charge in [-0.2, -0.15) is 0 Å². The summed E-state index contributed by atoms with van der Waals surface area (Å²) in [6.07, 6.45) is 4.74. The lowest BCUT2D eigenvalue weighted by atomic mass is 9.97. The zero-order chi connectivity index (χ0) is 17.5. The molecule has 3 nitrogen and oxygen atoms in total. The summed E-state index contributed by atoms with van der Waals surface area (Å²) in [6, 6.07) is 7.01. The van der Waals surface area contributed by atoms with E-state index in [4.69, 9.17) is 0 Å². The van der Waals surface area contributed by atoms with Gasteiger partial charge in [0.2, 0.25) is 5.91 Å². The number of amides is 1. The van der Waals surface area contributed by atoms with Crippen molar-refractivity contribution in [3.05, 3.63) is 47.3 Å². The Bertz CT molecular complexity index is 581. The molecule has 1 aromatic carbocycles. The molecule has 0 radical (unpaired) electrons. The van der Waals surface area contributed by atoms with Gasteiger partial charge in [0.1, 0.15) is 5.82 Å². The van der Waals surface area contributed by atoms with Gasteiger partial charge >= 0.3 is 0 Å². The van der Waals surface area contributed by atoms with Crippen molar-refractivity contribution in [2.24, 2.45) is 5.92 Å². The van der Waals surface area contributed by atoms with Crippen molar-refractivity contribution in [1.29, 1.82) is 0 Å². The van der Waals surface area contributed by atoms with E-state index in [1.54, 1.807) is 12.1 Å². The molecule has 0 spiro atoms. The first-order chi connectivity index (χ1) is 11.5. The minimum Gasteiger partial charge on any atom is -0.342 e. The second-order valence-electron chi connectivity index (χ2n) is 7.09. The van der Waals surface area contributed by atoms with Crippen molar-refractivity contribution in [1.82, 2.24) is 9.80 Å². The summed E-state index contributed by atoms with van der Waals surface area (Å²) in [5.74, 6) is 0.468. The molecule has 0 saturated carbocycles. The molecular weight excluding hydrogens is 303 g/mol. The van der Waals surface area contributed by atoms with Crippen LogP contribution < -0.4 is 0 Å². The molecule has 24 heavy (non-hydrogen) atoms. The number of rotatable bonds is 6. The molecule has 1 atom stereocenters. The van der Waals surface area contributed by atoms with E-state index in [0.717, 1.165) is 56.6 Å². The van der Waals surface area contributed by atoms with Gasteiger partial charge < -0.3 is 9.80 Å². The highest BCUT2D eigenvalue weighted by atomic mass is 19.1. The number of nitrogens with zero attached hydrogens (tertiary/aromatic N) is 2. The van der Waals surface area contributed by atoms with Gasteiger partial charge in [-0.1, -0.05) is 23.8 Å². The lowest BCUT2D eigenvalue weighted by molar-refractivity contribution is -0.125. The summed E-state index contributed by atoms with van der Waals surface area (Å²) in [6.45, 7) is 7.60. The van der Waals surface area contributed by atoms with Crippen molar-refractivity contribution in [2.75, 3.05) is 33.2 Å². The third-order valence-electron chi connectivity index (χ3n) is 4.58. The summed E-state index contributed by atoms with van der Waals surface area (Å²) in [4.78, 5) is 16.3. The van der Waals surface area contributed by atoms with E-state index in [1.807, 2.05) is 37.9 Å². The number of carbonyl (C=O) groups is 1. The van der Waals surface area contributed by atoms with Crippen LogP contribution in [0.2, 0.25) is 0 Å². The van der Waals surface area contributed by atoms with E-state index in [-0.39, 0.29) is 11.7 Å². The monoisotopic (exact) mass is 332 g/mol. The molecule has 0 aliphatic carbocycles. The first-order valence-electron chi connectivity index (χ1n) is 8.81. The van der Waals surface area contributed by atoms with Crippen molar-refractivity contribution in [3.63, 3.8) is 0 Å². The van der Waals surface area contributed by atoms with Gasteiger partial charge in [0.25, 0.3) is 0 Å². The second-order valence-corrected chi connectivity index (χ2v) is 7.09. The molecule has 0 bridgehead atoms. The van der Waals surface area contributed by atoms with Crippen LogP contribution >= 0.6 is 0 Å². The van der Waals surface area contributed by atoms with E-state index in [9.17, 15) is 9.18 Å². The summed E-state index contributed by atoms with van der Waals surface area (Å²) < 4.78 is 13.7. The molecule has 1 saturated heterocycles. The van der Waals surface area contributed by atoms with Crippen molar-refractivity contribution < 1.29 is 9.18 Å². The normalized spacial score (nSPS) is 18.2. The fourth-order valence-corrected chi connectivity index (χ4v) is 3.32. The maximum absolute atomic E-state index is 13.7. The molecule has 0 N–H and O–H groups in total. The number of hydrogen-bond acceptors (Lipinski definition) is 2. The molecule has 132 valence electrons. The second kappa shape index (κ2) is 8.97. The largest absolute Gasteiger partial charge is 0.342 e. The number of benzene rings is 1. The van der Waals surface area contributed by atoms with E-state index >= 15 is 0 Å². The quantitative estimate of drug-likeness (QED) is 0.744. The third kappa shape index (κ3) is 5.75. The summed E-state index contributed by atoms with van der Waals surface area (Å²) in [7, 11) is 1.88. The molecular formula is C20H29FN2O. The van der Waals surface area contributed by atoms with Crippen LogP contribution in [0.25, 0.3) is 0 Å². The third-order valence-corrected chi connectivity index (χ3v) is 4.58. The van der Waals surface area contributed by atoms with E-state index in [1.165, 1.54) is 6.07 Å². The Morgan fingerprint density at radius 3 is 2.83 bits per heavy atom. The molecule has 0 aromatic heterocycles. The van der Waals surface area contributed by atoms with Crippen LogP contribution in [0.3, 0.4) is 0 Å². The van der Waals surface area contributed by atoms with Crippen LogP contribution in [-0.4, -0.2) is 48.9 Å². The first kappa shape index (κ1) is 18.7. The average molecular weight is 332 g/mol. The summed E-state index contributed by atoms with van der Waals surface area (Å²) in [5, 5.41) is 0. The molecule has 1 fully saturated rings. The van der Waals surface area contributed by atoms with Crippen LogP contribution in [0.5, 0.6) is 0 Å². The SMILES string of the molecule is CC(C)=CC(=O)N(C)C[C@@H]1CCCN(CCc2ccccc2F)C1. The zero-order valence-corrected chi connectivity index (χ0v) is 15.1. The van der Waals surface area contributed by atoms with Gasteiger partial charge in [0.05, 0.1) is 0 Å². The van der Waals surface area contributed by atoms with Crippen LogP contribution in [0.4, 0.5) is 4.39 Å². The minimum absolute atomic E-state index is 0.0819. The molecule has 1 aliphatic rings. The Kier molecular flexibility index (Phi) is 6.98. The van der Waals surface area contributed by atoms with Crippen LogP contribution in [0.1, 0.15) is 32.3 Å². The van der Waals surface area contributed by atoms with Crippen molar-refractivity contribution in [3.8, 4) is 0 Å². The number of hydrogen-bond donors (Lipinski definition) is 0. The number of allylic oxidation sites excluding steroid dienone is 1. The topological polar surface area (TPSA) is 23.6 Å². The van der Waals surface area contributed by atoms with Gasteiger partial charge in [0, 0.05) is 32.8 Å². The minimum atomic E-state index is -0.113. The number of likely N-dealkylation sites (N-methyl/N-ethyl adjacent to an activating group) is 1. The van der Waals surface area contributed by atoms with Gasteiger partial charge in [0.15, 0.2) is 0 Å². The Morgan fingerprint density at radius 1 is 1.38 bits per heavy atom. The Balaban J connectivity index is 1.82. The smallest absolute Gasteiger partial charge is 0.246 e. The molecule has 4 heteroatoms. The van der Waals surface area contributed by atoms with Gasteiger partial charge in [-0.15, -0.1) is 0 Å². The van der Waals surface area contributed by atoms with Gasteiger partial charge in [-0.05, 0) is 57.2 Å². The van der Waals surface area contributed by atoms with Crippen molar-refractivity contribution >= 4 is 5.91 Å². The van der Waals surface area contributed by atoms with E-state index in [2.05, 4.69) is 4.90 Å². The Labute approximate surface area is 145 Å². The predicted octanol–water partition coefficient (Wildman–Crippen LogP) is 3.50. The van der Waals surface area contributed by atoms with Crippen LogP contribution in [-0.2, 0) is 11.2 Å². The van der Waals surface area contributed by atoms with Crippen LogP contribution in [0, 0.1) is 11.7 Å². The number of carbonyl (C=O) groups excluding carboxylic acids is 1. The van der Waals surface area contributed by atoms with Gasteiger partial charge in [-0.25, -0.2) is 4.39 Å². The van der Waals surface area contributed by atoms with Crippen molar-refractivity contribution in [2.45, 2.75) is 33.1 Å². The molecule has 1 aromatic rings. The molecule has 1 aliphatic heterocycles. The molecule has 0 unspecified atom stereocenters. The fraction of sp³-hybridized carbons (Fsp3) is 0.550. The van der Waals surface area contributed by atoms with Gasteiger partial charge in [-0.3, -0.25) is 4.79 Å². The summed E-state index contributed by atoms with van der Waals surface area (Å²) >= 11 is 0. The molecule has 1 heterocycles. The van der Waals surface area contributed by atoms with E-state index in [0.29, 0.717) is 5.92 Å². The number of halogens is 1. The van der Waals surface area contributed by atoms with E-state index < -0.39 is 0 Å². The van der Waals surface area contributed by atoms with Crippen LogP contribution in [0.15, 0.2) is 35.9 Å².